The molecule has 0 radical (unpaired) electrons. The molecule has 3 aromatic heterocycles. The minimum absolute atomic E-state index is 0.0186. The van der Waals surface area contributed by atoms with Gasteiger partial charge in [-0.25, -0.2) is 9.97 Å². The minimum Gasteiger partial charge on any atom is -0.361 e. The molecule has 3 heterocycles. The molecule has 30 heavy (non-hydrogen) atoms. The number of para-hydroxylation sites is 1. The Kier molecular flexibility index (Phi) is 4.32. The van der Waals surface area contributed by atoms with Crippen LogP contribution in [-0.2, 0) is 0 Å². The molecule has 5 rings (SSSR count). The number of aromatic amines is 1. The first-order valence-electron chi connectivity index (χ1n) is 9.89. The fourth-order valence-corrected chi connectivity index (χ4v) is 3.98. The standard InChI is InChI=1S/C24H21N5O/c1-15-7-6-8-17-13-20(29(24(30)21(15)17)18-9-4-3-5-10-18)16(2)28-23-19-11-12-25-22(19)26-14-27-23/h3-14,16H,1-2H3,(H2,25,26,27,28)/t16-/m0/s1. The van der Waals surface area contributed by atoms with Crippen molar-refractivity contribution >= 4 is 27.6 Å². The monoisotopic (exact) mass is 395 g/mol. The lowest BCUT2D eigenvalue weighted by molar-refractivity contribution is 0.774. The molecule has 0 aliphatic heterocycles. The fraction of sp³-hybridized carbons (Fsp3) is 0.125. The summed E-state index contributed by atoms with van der Waals surface area (Å²) in [4.78, 5) is 25.4. The summed E-state index contributed by atoms with van der Waals surface area (Å²) in [6.07, 6.45) is 3.37. The number of anilines is 1. The normalized spacial score (nSPS) is 12.3. The number of rotatable bonds is 4. The Bertz CT molecular complexity index is 1420. The second-order valence-electron chi connectivity index (χ2n) is 7.41. The Morgan fingerprint density at radius 3 is 2.70 bits per heavy atom. The molecular weight excluding hydrogens is 374 g/mol. The van der Waals surface area contributed by atoms with E-state index in [-0.39, 0.29) is 11.6 Å². The van der Waals surface area contributed by atoms with E-state index in [1.807, 2.05) is 74.6 Å². The summed E-state index contributed by atoms with van der Waals surface area (Å²) in [6.45, 7) is 4.01. The van der Waals surface area contributed by atoms with Crippen LogP contribution in [0.2, 0.25) is 0 Å². The van der Waals surface area contributed by atoms with E-state index >= 15 is 0 Å². The number of hydrogen-bond acceptors (Lipinski definition) is 4. The number of pyridine rings is 1. The lowest BCUT2D eigenvalue weighted by atomic mass is 10.0. The van der Waals surface area contributed by atoms with Gasteiger partial charge in [0.1, 0.15) is 17.8 Å². The van der Waals surface area contributed by atoms with E-state index in [1.54, 1.807) is 4.57 Å². The quantitative estimate of drug-likeness (QED) is 0.461. The molecule has 148 valence electrons. The van der Waals surface area contributed by atoms with Crippen LogP contribution in [-0.4, -0.2) is 19.5 Å². The molecule has 2 aromatic carbocycles. The van der Waals surface area contributed by atoms with Crippen molar-refractivity contribution in [3.8, 4) is 5.69 Å². The van der Waals surface area contributed by atoms with Gasteiger partial charge in [-0.2, -0.15) is 0 Å². The van der Waals surface area contributed by atoms with Crippen molar-refractivity contribution in [2.24, 2.45) is 0 Å². The van der Waals surface area contributed by atoms with Crippen LogP contribution in [0.1, 0.15) is 24.2 Å². The molecule has 0 aliphatic carbocycles. The van der Waals surface area contributed by atoms with Gasteiger partial charge >= 0.3 is 0 Å². The highest BCUT2D eigenvalue weighted by molar-refractivity contribution is 5.87. The molecule has 6 nitrogen and oxygen atoms in total. The number of aryl methyl sites for hydroxylation is 1. The predicted molar refractivity (Wildman–Crippen MR) is 120 cm³/mol. The average molecular weight is 395 g/mol. The molecule has 1 atom stereocenters. The van der Waals surface area contributed by atoms with Gasteiger partial charge in [0.15, 0.2) is 0 Å². The van der Waals surface area contributed by atoms with E-state index in [2.05, 4.69) is 26.3 Å². The Hall–Kier alpha value is -3.93. The summed E-state index contributed by atoms with van der Waals surface area (Å²) in [6, 6.07) is 19.6. The third-order valence-corrected chi connectivity index (χ3v) is 5.45. The number of fused-ring (bicyclic) bond motifs is 2. The first kappa shape index (κ1) is 18.1. The molecular formula is C24H21N5O. The van der Waals surface area contributed by atoms with Gasteiger partial charge < -0.3 is 10.3 Å². The summed E-state index contributed by atoms with van der Waals surface area (Å²) >= 11 is 0. The Morgan fingerprint density at radius 2 is 1.87 bits per heavy atom. The van der Waals surface area contributed by atoms with Crippen LogP contribution in [0.4, 0.5) is 5.82 Å². The topological polar surface area (TPSA) is 75.6 Å². The summed E-state index contributed by atoms with van der Waals surface area (Å²) in [5.74, 6) is 0.727. The number of nitrogens with one attached hydrogen (secondary N) is 2. The van der Waals surface area contributed by atoms with Crippen LogP contribution >= 0.6 is 0 Å². The fourth-order valence-electron chi connectivity index (χ4n) is 3.98. The first-order valence-corrected chi connectivity index (χ1v) is 9.89. The van der Waals surface area contributed by atoms with Gasteiger partial charge in [-0.05, 0) is 49.1 Å². The van der Waals surface area contributed by atoms with Crippen molar-refractivity contribution in [1.82, 2.24) is 19.5 Å². The zero-order valence-corrected chi connectivity index (χ0v) is 16.8. The first-order chi connectivity index (χ1) is 14.6. The molecule has 0 saturated heterocycles. The minimum atomic E-state index is -0.171. The third-order valence-electron chi connectivity index (χ3n) is 5.45. The van der Waals surface area contributed by atoms with E-state index in [9.17, 15) is 4.79 Å². The van der Waals surface area contributed by atoms with Gasteiger partial charge in [-0.3, -0.25) is 9.36 Å². The predicted octanol–water partition coefficient (Wildman–Crippen LogP) is 4.74. The maximum Gasteiger partial charge on any atom is 0.263 e. The van der Waals surface area contributed by atoms with Crippen molar-refractivity contribution in [3.05, 3.63) is 94.8 Å². The van der Waals surface area contributed by atoms with E-state index in [0.29, 0.717) is 0 Å². The highest BCUT2D eigenvalue weighted by Crippen LogP contribution is 2.27. The van der Waals surface area contributed by atoms with Crippen molar-refractivity contribution < 1.29 is 0 Å². The lowest BCUT2D eigenvalue weighted by Gasteiger charge is -2.22. The van der Waals surface area contributed by atoms with E-state index in [1.165, 1.54) is 6.33 Å². The van der Waals surface area contributed by atoms with Crippen molar-refractivity contribution in [1.29, 1.82) is 0 Å². The van der Waals surface area contributed by atoms with Crippen molar-refractivity contribution in [2.45, 2.75) is 19.9 Å². The average Bonchev–Trinajstić information content (AvgIpc) is 3.24. The summed E-state index contributed by atoms with van der Waals surface area (Å²) in [7, 11) is 0. The summed E-state index contributed by atoms with van der Waals surface area (Å²) < 4.78 is 1.79. The maximum atomic E-state index is 13.6. The van der Waals surface area contributed by atoms with Gasteiger partial charge in [0, 0.05) is 17.6 Å². The molecule has 0 saturated carbocycles. The van der Waals surface area contributed by atoms with Crippen LogP contribution in [0.3, 0.4) is 0 Å². The molecule has 0 fully saturated rings. The number of aromatic nitrogens is 4. The molecule has 2 N–H and O–H groups in total. The highest BCUT2D eigenvalue weighted by atomic mass is 16.1. The lowest BCUT2D eigenvalue weighted by Crippen LogP contribution is -2.26. The molecule has 5 aromatic rings. The van der Waals surface area contributed by atoms with E-state index in [0.717, 1.165) is 44.6 Å². The molecule has 6 heteroatoms. The number of hydrogen-bond donors (Lipinski definition) is 2. The zero-order chi connectivity index (χ0) is 20.7. The number of H-pyrrole nitrogens is 1. The molecule has 0 spiro atoms. The molecule has 0 amide bonds. The third kappa shape index (κ3) is 2.93. The van der Waals surface area contributed by atoms with Crippen LogP contribution < -0.4 is 10.9 Å². The summed E-state index contributed by atoms with van der Waals surface area (Å²) in [5, 5.41) is 6.06. The van der Waals surface area contributed by atoms with E-state index < -0.39 is 0 Å². The van der Waals surface area contributed by atoms with Crippen molar-refractivity contribution in [2.75, 3.05) is 5.32 Å². The Morgan fingerprint density at radius 1 is 1.03 bits per heavy atom. The van der Waals surface area contributed by atoms with E-state index in [4.69, 9.17) is 0 Å². The maximum absolute atomic E-state index is 13.6. The smallest absolute Gasteiger partial charge is 0.263 e. The van der Waals surface area contributed by atoms with Gasteiger partial charge in [-0.1, -0.05) is 36.4 Å². The Labute approximate surface area is 173 Å². The second kappa shape index (κ2) is 7.15. The number of benzene rings is 2. The van der Waals surface area contributed by atoms with Crippen LogP contribution in [0.15, 0.2) is 78.0 Å². The van der Waals surface area contributed by atoms with Crippen LogP contribution in [0, 0.1) is 6.92 Å². The molecule has 0 bridgehead atoms. The van der Waals surface area contributed by atoms with Gasteiger partial charge in [0.2, 0.25) is 0 Å². The highest BCUT2D eigenvalue weighted by Gasteiger charge is 2.18. The van der Waals surface area contributed by atoms with Gasteiger partial charge in [0.05, 0.1) is 16.8 Å². The molecule has 0 unspecified atom stereocenters. The zero-order valence-electron chi connectivity index (χ0n) is 16.8. The Balaban J connectivity index is 1.71. The summed E-state index contributed by atoms with van der Waals surface area (Å²) in [5.41, 5.74) is 3.43. The molecule has 0 aliphatic rings. The SMILES string of the molecule is Cc1cccc2cc([C@H](C)Nc3ncnc4[nH]ccc34)n(-c3ccccc3)c(=O)c12. The van der Waals surface area contributed by atoms with Crippen molar-refractivity contribution in [3.63, 3.8) is 0 Å². The number of nitrogens with zero attached hydrogens (tertiary/aromatic N) is 3. The van der Waals surface area contributed by atoms with Gasteiger partial charge in [-0.15, -0.1) is 0 Å². The largest absolute Gasteiger partial charge is 0.361 e. The van der Waals surface area contributed by atoms with Crippen LogP contribution in [0.5, 0.6) is 0 Å². The van der Waals surface area contributed by atoms with Crippen LogP contribution in [0.25, 0.3) is 27.5 Å². The second-order valence-corrected chi connectivity index (χ2v) is 7.41. The van der Waals surface area contributed by atoms with Gasteiger partial charge in [0.25, 0.3) is 5.56 Å².